The van der Waals surface area contributed by atoms with E-state index >= 15 is 0 Å². The van der Waals surface area contributed by atoms with E-state index in [-0.39, 0.29) is 11.7 Å². The lowest BCUT2D eigenvalue weighted by molar-refractivity contribution is -0.113. The highest BCUT2D eigenvalue weighted by Crippen LogP contribution is 2.35. The molecule has 0 saturated heterocycles. The van der Waals surface area contributed by atoms with Crippen LogP contribution in [0, 0.1) is 6.92 Å². The molecule has 3 heterocycles. The molecule has 0 fully saturated rings. The molecule has 4 rings (SSSR count). The van der Waals surface area contributed by atoms with Crippen LogP contribution in [0.4, 0.5) is 5.00 Å². The molecule has 0 aliphatic heterocycles. The first kappa shape index (κ1) is 22.5. The van der Waals surface area contributed by atoms with E-state index in [0.717, 1.165) is 27.2 Å². The Morgan fingerprint density at radius 1 is 1.25 bits per heavy atom. The topological polar surface area (TPSA) is 86.1 Å². The van der Waals surface area contributed by atoms with Gasteiger partial charge in [-0.15, -0.1) is 32.9 Å². The number of carbonyl (C=O) groups is 2. The van der Waals surface area contributed by atoms with E-state index in [2.05, 4.69) is 33.0 Å². The molecular weight excluding hydrogens is 464 g/mol. The van der Waals surface area contributed by atoms with Gasteiger partial charge in [-0.25, -0.2) is 4.79 Å². The van der Waals surface area contributed by atoms with Gasteiger partial charge in [0.2, 0.25) is 5.91 Å². The number of methoxy groups -OCH3 is 1. The summed E-state index contributed by atoms with van der Waals surface area (Å²) in [5.41, 5.74) is 2.38. The molecule has 0 saturated carbocycles. The Bertz CT molecular complexity index is 1310. The summed E-state index contributed by atoms with van der Waals surface area (Å²) in [5.74, 6) is 0.263. The van der Waals surface area contributed by atoms with Crippen LogP contribution >= 0.6 is 34.4 Å². The zero-order valence-electron chi connectivity index (χ0n) is 18.1. The van der Waals surface area contributed by atoms with Crippen molar-refractivity contribution in [1.82, 2.24) is 14.8 Å². The summed E-state index contributed by atoms with van der Waals surface area (Å²) in [5, 5.41) is 15.9. The highest BCUT2D eigenvalue weighted by atomic mass is 32.2. The first-order valence-electron chi connectivity index (χ1n) is 9.93. The molecule has 0 radical (unpaired) electrons. The first-order valence-corrected chi connectivity index (χ1v) is 12.6. The Hall–Kier alpha value is -2.69. The molecule has 10 heteroatoms. The second kappa shape index (κ2) is 9.43. The Kier molecular flexibility index (Phi) is 6.63. The number of aryl methyl sites for hydroxylation is 1. The van der Waals surface area contributed by atoms with E-state index in [0.29, 0.717) is 22.1 Å². The van der Waals surface area contributed by atoms with Crippen molar-refractivity contribution in [3.05, 3.63) is 45.6 Å². The number of ether oxygens (including phenoxy) is 1. The van der Waals surface area contributed by atoms with Crippen LogP contribution in [0.3, 0.4) is 0 Å². The van der Waals surface area contributed by atoms with Crippen molar-refractivity contribution in [3.8, 4) is 11.4 Å². The average molecular weight is 487 g/mol. The van der Waals surface area contributed by atoms with Crippen LogP contribution in [0.25, 0.3) is 21.5 Å². The number of esters is 1. The predicted octanol–water partition coefficient (Wildman–Crippen LogP) is 5.15. The number of nitrogens with one attached hydrogen (secondary N) is 1. The lowest BCUT2D eigenvalue weighted by Gasteiger charge is -2.07. The molecule has 1 N–H and O–H groups in total. The minimum atomic E-state index is -0.435. The number of hydrogen-bond donors (Lipinski definition) is 1. The van der Waals surface area contributed by atoms with Crippen molar-refractivity contribution in [2.45, 2.75) is 25.4 Å². The smallest absolute Gasteiger partial charge is 0.341 e. The van der Waals surface area contributed by atoms with Gasteiger partial charge in [0.05, 0.1) is 18.4 Å². The maximum Gasteiger partial charge on any atom is 0.341 e. The standard InChI is InChI=1S/C22H22N4O3S3/c1-5-13-12(2)32-20(18(13)21(28)29-4)23-17(27)11-31-22-25-24-19(26(22)3)15-10-30-16-9-7-6-8-14(15)16/h6-10H,5,11H2,1-4H3,(H,23,27). The highest BCUT2D eigenvalue weighted by molar-refractivity contribution is 7.99. The van der Waals surface area contributed by atoms with E-state index in [1.54, 1.807) is 11.3 Å². The molecule has 1 amide bonds. The highest BCUT2D eigenvalue weighted by Gasteiger charge is 2.23. The molecule has 0 bridgehead atoms. The molecule has 32 heavy (non-hydrogen) atoms. The molecule has 0 aliphatic carbocycles. The number of hydrogen-bond acceptors (Lipinski definition) is 8. The summed E-state index contributed by atoms with van der Waals surface area (Å²) >= 11 is 4.36. The lowest BCUT2D eigenvalue weighted by Crippen LogP contribution is -2.16. The number of benzene rings is 1. The molecule has 1 aromatic carbocycles. The summed E-state index contributed by atoms with van der Waals surface area (Å²) in [6, 6.07) is 8.18. The summed E-state index contributed by atoms with van der Waals surface area (Å²) in [6.07, 6.45) is 0.691. The molecule has 0 unspecified atom stereocenters. The largest absolute Gasteiger partial charge is 0.465 e. The Balaban J connectivity index is 1.49. The van der Waals surface area contributed by atoms with Crippen molar-refractivity contribution >= 4 is 61.4 Å². The maximum absolute atomic E-state index is 12.6. The average Bonchev–Trinajstić information content (AvgIpc) is 3.46. The summed E-state index contributed by atoms with van der Waals surface area (Å²) in [4.78, 5) is 25.9. The van der Waals surface area contributed by atoms with Crippen LogP contribution in [0.2, 0.25) is 0 Å². The number of anilines is 1. The van der Waals surface area contributed by atoms with Crippen LogP contribution in [0.5, 0.6) is 0 Å². The molecule has 166 valence electrons. The summed E-state index contributed by atoms with van der Waals surface area (Å²) < 4.78 is 8.01. The van der Waals surface area contributed by atoms with Gasteiger partial charge in [0.15, 0.2) is 11.0 Å². The van der Waals surface area contributed by atoms with Crippen LogP contribution < -0.4 is 5.32 Å². The van der Waals surface area contributed by atoms with Gasteiger partial charge in [-0.3, -0.25) is 4.79 Å². The minimum Gasteiger partial charge on any atom is -0.465 e. The monoisotopic (exact) mass is 486 g/mol. The number of rotatable bonds is 7. The van der Waals surface area contributed by atoms with Gasteiger partial charge in [-0.2, -0.15) is 0 Å². The fourth-order valence-electron chi connectivity index (χ4n) is 3.53. The van der Waals surface area contributed by atoms with Crippen molar-refractivity contribution in [2.24, 2.45) is 7.05 Å². The zero-order chi connectivity index (χ0) is 22.8. The third-order valence-electron chi connectivity index (χ3n) is 5.09. The van der Waals surface area contributed by atoms with Crippen LogP contribution in [-0.4, -0.2) is 39.5 Å². The molecule has 0 atom stereocenters. The molecule has 0 aliphatic rings. The van der Waals surface area contributed by atoms with Crippen molar-refractivity contribution in [3.63, 3.8) is 0 Å². The fraction of sp³-hybridized carbons (Fsp3) is 0.273. The molecule has 0 spiro atoms. The summed E-state index contributed by atoms with van der Waals surface area (Å²) in [7, 11) is 3.24. The van der Waals surface area contributed by atoms with Gasteiger partial charge in [-0.1, -0.05) is 36.9 Å². The van der Waals surface area contributed by atoms with E-state index in [1.165, 1.54) is 34.9 Å². The molecular formula is C22H22N4O3S3. The van der Waals surface area contributed by atoms with Gasteiger partial charge in [-0.05, 0) is 25.0 Å². The van der Waals surface area contributed by atoms with Crippen LogP contribution in [0.1, 0.15) is 27.7 Å². The normalized spacial score (nSPS) is 11.1. The number of thiophene rings is 2. The fourth-order valence-corrected chi connectivity index (χ4v) is 6.33. The van der Waals surface area contributed by atoms with E-state index < -0.39 is 5.97 Å². The van der Waals surface area contributed by atoms with Gasteiger partial charge in [0.1, 0.15) is 5.00 Å². The Morgan fingerprint density at radius 2 is 2.03 bits per heavy atom. The van der Waals surface area contributed by atoms with E-state index in [4.69, 9.17) is 4.74 Å². The van der Waals surface area contributed by atoms with Crippen molar-refractivity contribution in [1.29, 1.82) is 0 Å². The van der Waals surface area contributed by atoms with E-state index in [9.17, 15) is 9.59 Å². The second-order valence-electron chi connectivity index (χ2n) is 7.03. The van der Waals surface area contributed by atoms with Gasteiger partial charge in [0, 0.05) is 33.0 Å². The predicted molar refractivity (Wildman–Crippen MR) is 131 cm³/mol. The summed E-state index contributed by atoms with van der Waals surface area (Å²) in [6.45, 7) is 3.92. The van der Waals surface area contributed by atoms with Crippen molar-refractivity contribution in [2.75, 3.05) is 18.2 Å². The molecule has 3 aromatic heterocycles. The third kappa shape index (κ3) is 4.17. The quantitative estimate of drug-likeness (QED) is 0.287. The Morgan fingerprint density at radius 3 is 2.78 bits per heavy atom. The van der Waals surface area contributed by atoms with Gasteiger partial charge >= 0.3 is 5.97 Å². The van der Waals surface area contributed by atoms with Gasteiger partial charge < -0.3 is 14.6 Å². The Labute approximate surface area is 197 Å². The number of thioether (sulfide) groups is 1. The number of fused-ring (bicyclic) bond motifs is 1. The number of amides is 1. The van der Waals surface area contributed by atoms with Gasteiger partial charge in [0.25, 0.3) is 0 Å². The number of nitrogens with zero attached hydrogens (tertiary/aromatic N) is 3. The third-order valence-corrected chi connectivity index (χ3v) is 8.14. The maximum atomic E-state index is 12.6. The zero-order valence-corrected chi connectivity index (χ0v) is 20.5. The van der Waals surface area contributed by atoms with Crippen LogP contribution in [-0.2, 0) is 23.0 Å². The second-order valence-corrected chi connectivity index (χ2v) is 10.1. The van der Waals surface area contributed by atoms with Crippen molar-refractivity contribution < 1.29 is 14.3 Å². The lowest BCUT2D eigenvalue weighted by atomic mass is 10.1. The number of aromatic nitrogens is 3. The van der Waals surface area contributed by atoms with E-state index in [1.807, 2.05) is 37.6 Å². The number of carbonyl (C=O) groups excluding carboxylic acids is 2. The van der Waals surface area contributed by atoms with Crippen LogP contribution in [0.15, 0.2) is 34.8 Å². The molecule has 7 nitrogen and oxygen atoms in total. The SMILES string of the molecule is CCc1c(C)sc(NC(=O)CSc2nnc(-c3csc4ccccc34)n2C)c1C(=O)OC. The first-order chi connectivity index (χ1) is 15.4. The minimum absolute atomic E-state index is 0.148. The molecule has 4 aromatic rings.